The summed E-state index contributed by atoms with van der Waals surface area (Å²) in [5.74, 6) is -2.75. The van der Waals surface area contributed by atoms with E-state index in [4.69, 9.17) is 5.73 Å². The molecule has 1 aromatic carbocycles. The number of benzene rings is 1. The first-order chi connectivity index (χ1) is 12.7. The van der Waals surface area contributed by atoms with Gasteiger partial charge in [-0.1, -0.05) is 12.1 Å². The highest BCUT2D eigenvalue weighted by Crippen LogP contribution is 2.37. The molecule has 27 heavy (non-hydrogen) atoms. The van der Waals surface area contributed by atoms with E-state index >= 15 is 0 Å². The Morgan fingerprint density at radius 2 is 1.85 bits per heavy atom. The van der Waals surface area contributed by atoms with Gasteiger partial charge in [-0.15, -0.1) is 0 Å². The fourth-order valence-corrected chi connectivity index (χ4v) is 2.85. The highest BCUT2D eigenvalue weighted by atomic mass is 32.2. The zero-order valence-corrected chi connectivity index (χ0v) is 14.6. The quantitative estimate of drug-likeness (QED) is 0.552. The van der Waals surface area contributed by atoms with E-state index in [9.17, 15) is 27.2 Å². The maximum absolute atomic E-state index is 12.9. The molecule has 0 spiro atoms. The summed E-state index contributed by atoms with van der Waals surface area (Å²) in [7, 11) is 0. The number of alkyl halides is 3. The van der Waals surface area contributed by atoms with Crippen molar-refractivity contribution < 1.29 is 27.2 Å². The van der Waals surface area contributed by atoms with E-state index in [0.29, 0.717) is 5.56 Å². The lowest BCUT2D eigenvalue weighted by atomic mass is 9.98. The summed E-state index contributed by atoms with van der Waals surface area (Å²) in [5, 5.41) is 1.91. The first-order valence-electron chi connectivity index (χ1n) is 7.68. The van der Waals surface area contributed by atoms with Crippen LogP contribution in [0.1, 0.15) is 15.9 Å². The Hall–Kier alpha value is -2.62. The topological polar surface area (TPSA) is 85.1 Å². The van der Waals surface area contributed by atoms with Crippen molar-refractivity contribution in [1.29, 1.82) is 0 Å². The molecular formula is C17H15F4N3O2S. The Kier molecular flexibility index (Phi) is 6.78. The Labute approximate surface area is 156 Å². The van der Waals surface area contributed by atoms with Crippen LogP contribution in [-0.4, -0.2) is 28.9 Å². The molecule has 1 aromatic heterocycles. The molecule has 2 rings (SSSR count). The van der Waals surface area contributed by atoms with Crippen molar-refractivity contribution in [2.45, 2.75) is 17.0 Å². The predicted octanol–water partition coefficient (Wildman–Crippen LogP) is 2.91. The zero-order chi connectivity index (χ0) is 20.0. The molecule has 144 valence electrons. The van der Waals surface area contributed by atoms with Crippen LogP contribution in [0.4, 0.5) is 17.6 Å². The summed E-state index contributed by atoms with van der Waals surface area (Å²) in [5.41, 5.74) is 1.10. The average Bonchev–Trinajstić information content (AvgIpc) is 2.58. The molecule has 2 amide bonds. The lowest BCUT2D eigenvalue weighted by Gasteiger charge is -2.15. The Morgan fingerprint density at radius 3 is 2.44 bits per heavy atom. The summed E-state index contributed by atoms with van der Waals surface area (Å²) < 4.78 is 50.7. The number of carbonyl (C=O) groups is 2. The van der Waals surface area contributed by atoms with E-state index in [1.165, 1.54) is 36.4 Å². The molecule has 1 unspecified atom stereocenters. The number of amides is 2. The Balaban J connectivity index is 2.06. The SMILES string of the molecule is NC(=O)C(CNC(=O)c1cccnc1SC(F)(F)F)Cc1ccc(F)cc1. The van der Waals surface area contributed by atoms with Gasteiger partial charge >= 0.3 is 5.51 Å². The molecule has 1 atom stereocenters. The largest absolute Gasteiger partial charge is 0.447 e. The first kappa shape index (κ1) is 20.7. The van der Waals surface area contributed by atoms with Crippen molar-refractivity contribution in [3.63, 3.8) is 0 Å². The van der Waals surface area contributed by atoms with Crippen LogP contribution in [0.5, 0.6) is 0 Å². The van der Waals surface area contributed by atoms with Gasteiger partial charge in [0, 0.05) is 24.5 Å². The third-order valence-electron chi connectivity index (χ3n) is 3.53. The van der Waals surface area contributed by atoms with Gasteiger partial charge in [0.25, 0.3) is 5.91 Å². The smallest absolute Gasteiger partial charge is 0.369 e. The highest BCUT2D eigenvalue weighted by Gasteiger charge is 2.32. The number of nitrogens with one attached hydrogen (secondary N) is 1. The lowest BCUT2D eigenvalue weighted by molar-refractivity contribution is -0.121. The number of aromatic nitrogens is 1. The van der Waals surface area contributed by atoms with Crippen LogP contribution >= 0.6 is 11.8 Å². The molecule has 0 bridgehead atoms. The molecule has 0 radical (unpaired) electrons. The van der Waals surface area contributed by atoms with Gasteiger partial charge in [0.2, 0.25) is 5.91 Å². The first-order valence-corrected chi connectivity index (χ1v) is 8.50. The van der Waals surface area contributed by atoms with Gasteiger partial charge in [-0.2, -0.15) is 13.2 Å². The molecule has 1 heterocycles. The minimum absolute atomic E-state index is 0.146. The number of nitrogens with zero attached hydrogens (tertiary/aromatic N) is 1. The number of hydrogen-bond donors (Lipinski definition) is 2. The number of pyridine rings is 1. The predicted molar refractivity (Wildman–Crippen MR) is 91.3 cm³/mol. The van der Waals surface area contributed by atoms with E-state index in [-0.39, 0.29) is 18.5 Å². The van der Waals surface area contributed by atoms with E-state index in [1.54, 1.807) is 0 Å². The number of hydrogen-bond acceptors (Lipinski definition) is 4. The number of rotatable bonds is 7. The fraction of sp³-hybridized carbons (Fsp3) is 0.235. The maximum Gasteiger partial charge on any atom is 0.447 e. The third-order valence-corrected chi connectivity index (χ3v) is 4.29. The van der Waals surface area contributed by atoms with Crippen LogP contribution < -0.4 is 11.1 Å². The summed E-state index contributed by atoms with van der Waals surface area (Å²) in [4.78, 5) is 27.4. The average molecular weight is 401 g/mol. The van der Waals surface area contributed by atoms with Gasteiger partial charge < -0.3 is 11.1 Å². The molecule has 0 aliphatic heterocycles. The second kappa shape index (κ2) is 8.85. The van der Waals surface area contributed by atoms with Crippen LogP contribution in [0.15, 0.2) is 47.6 Å². The monoisotopic (exact) mass is 401 g/mol. The molecule has 0 fully saturated rings. The number of primary amides is 1. The van der Waals surface area contributed by atoms with Gasteiger partial charge in [-0.25, -0.2) is 9.37 Å². The fourth-order valence-electron chi connectivity index (χ4n) is 2.24. The Bertz CT molecular complexity index is 813. The van der Waals surface area contributed by atoms with Gasteiger partial charge in [0.1, 0.15) is 10.8 Å². The minimum atomic E-state index is -4.60. The third kappa shape index (κ3) is 6.55. The van der Waals surface area contributed by atoms with Gasteiger partial charge in [-0.05, 0) is 36.2 Å². The summed E-state index contributed by atoms with van der Waals surface area (Å²) in [6, 6.07) is 7.94. The Morgan fingerprint density at radius 1 is 1.19 bits per heavy atom. The molecule has 2 aromatic rings. The van der Waals surface area contributed by atoms with E-state index in [0.717, 1.165) is 6.20 Å². The van der Waals surface area contributed by atoms with E-state index in [1.807, 2.05) is 0 Å². The van der Waals surface area contributed by atoms with Crippen LogP contribution in [0.2, 0.25) is 0 Å². The second-order valence-corrected chi connectivity index (χ2v) is 6.60. The van der Waals surface area contributed by atoms with Crippen molar-refractivity contribution in [3.8, 4) is 0 Å². The number of thioether (sulfide) groups is 1. The number of nitrogens with two attached hydrogens (primary N) is 1. The molecule has 3 N–H and O–H groups in total. The molecule has 10 heteroatoms. The molecular weight excluding hydrogens is 386 g/mol. The second-order valence-electron chi connectivity index (χ2n) is 5.54. The summed E-state index contributed by atoms with van der Waals surface area (Å²) >= 11 is -0.499. The maximum atomic E-state index is 12.9. The summed E-state index contributed by atoms with van der Waals surface area (Å²) in [6.07, 6.45) is 1.29. The van der Waals surface area contributed by atoms with Crippen LogP contribution in [0.3, 0.4) is 0 Å². The number of carbonyl (C=O) groups excluding carboxylic acids is 2. The van der Waals surface area contributed by atoms with E-state index < -0.39 is 45.8 Å². The molecule has 0 saturated carbocycles. The van der Waals surface area contributed by atoms with Crippen molar-refractivity contribution in [2.75, 3.05) is 6.54 Å². The number of halogens is 4. The standard InChI is InChI=1S/C17H15F4N3O2S/c18-12-5-3-10(4-6-12)8-11(14(22)25)9-24-15(26)13-2-1-7-23-16(13)27-17(19,20)21/h1-7,11H,8-9H2,(H2,22,25)(H,24,26). The molecule has 0 aliphatic carbocycles. The highest BCUT2D eigenvalue weighted by molar-refractivity contribution is 8.00. The molecule has 0 saturated heterocycles. The minimum Gasteiger partial charge on any atom is -0.369 e. The lowest BCUT2D eigenvalue weighted by Crippen LogP contribution is -2.37. The van der Waals surface area contributed by atoms with Crippen molar-refractivity contribution >= 4 is 23.6 Å². The normalized spacial score (nSPS) is 12.4. The zero-order valence-electron chi connectivity index (χ0n) is 13.8. The van der Waals surface area contributed by atoms with Crippen molar-refractivity contribution in [1.82, 2.24) is 10.3 Å². The van der Waals surface area contributed by atoms with Crippen molar-refractivity contribution in [3.05, 3.63) is 59.5 Å². The van der Waals surface area contributed by atoms with Crippen LogP contribution in [0, 0.1) is 11.7 Å². The summed E-state index contributed by atoms with van der Waals surface area (Å²) in [6.45, 7) is -0.184. The van der Waals surface area contributed by atoms with Crippen molar-refractivity contribution in [2.24, 2.45) is 11.7 Å². The van der Waals surface area contributed by atoms with Gasteiger partial charge in [0.15, 0.2) is 0 Å². The van der Waals surface area contributed by atoms with Crippen LogP contribution in [-0.2, 0) is 11.2 Å². The van der Waals surface area contributed by atoms with Crippen LogP contribution in [0.25, 0.3) is 0 Å². The molecule has 5 nitrogen and oxygen atoms in total. The van der Waals surface area contributed by atoms with Gasteiger partial charge in [-0.3, -0.25) is 9.59 Å². The molecule has 0 aliphatic rings. The van der Waals surface area contributed by atoms with Gasteiger partial charge in [0.05, 0.1) is 11.5 Å². The van der Waals surface area contributed by atoms with E-state index in [2.05, 4.69) is 10.3 Å².